The van der Waals surface area contributed by atoms with Gasteiger partial charge in [-0.25, -0.2) is 4.98 Å². The van der Waals surface area contributed by atoms with Gasteiger partial charge in [-0.05, 0) is 18.2 Å². The lowest BCUT2D eigenvalue weighted by molar-refractivity contribution is -0.383. The molecule has 3 rings (SSSR count). The molecule has 9 nitrogen and oxygen atoms in total. The molecule has 0 fully saturated rings. The molecular formula is C11H9N7O2. The summed E-state index contributed by atoms with van der Waals surface area (Å²) in [6.07, 6.45) is 1.53. The van der Waals surface area contributed by atoms with E-state index in [2.05, 4.69) is 30.9 Å². The molecule has 3 aromatic rings. The number of rotatable bonds is 4. The van der Waals surface area contributed by atoms with E-state index in [0.717, 1.165) is 5.69 Å². The number of aromatic nitrogens is 5. The van der Waals surface area contributed by atoms with Crippen molar-refractivity contribution in [3.8, 4) is 0 Å². The van der Waals surface area contributed by atoms with Gasteiger partial charge in [-0.1, -0.05) is 5.21 Å². The van der Waals surface area contributed by atoms with Crippen molar-refractivity contribution in [2.45, 2.75) is 6.54 Å². The van der Waals surface area contributed by atoms with Crippen LogP contribution in [0.1, 0.15) is 5.82 Å². The monoisotopic (exact) mass is 271 g/mol. The van der Waals surface area contributed by atoms with E-state index in [-0.39, 0.29) is 5.69 Å². The fraction of sp³-hybridized carbons (Fsp3) is 0.0909. The minimum absolute atomic E-state index is 0.0225. The molecule has 0 amide bonds. The fourth-order valence-corrected chi connectivity index (χ4v) is 1.89. The minimum atomic E-state index is -0.446. The number of non-ortho nitro benzene ring substituents is 1. The smallest absolute Gasteiger partial charge is 0.295 e. The number of pyridine rings is 1. The summed E-state index contributed by atoms with van der Waals surface area (Å²) in [5.74, 6) is 0.500. The molecular weight excluding hydrogens is 262 g/mol. The van der Waals surface area contributed by atoms with E-state index >= 15 is 0 Å². The van der Waals surface area contributed by atoms with E-state index in [9.17, 15) is 10.1 Å². The van der Waals surface area contributed by atoms with Crippen LogP contribution in [0, 0.1) is 10.1 Å². The zero-order valence-corrected chi connectivity index (χ0v) is 10.1. The van der Waals surface area contributed by atoms with E-state index in [1.165, 1.54) is 12.3 Å². The second kappa shape index (κ2) is 4.88. The Morgan fingerprint density at radius 3 is 3.00 bits per heavy atom. The largest absolute Gasteiger partial charge is 0.377 e. The summed E-state index contributed by atoms with van der Waals surface area (Å²) >= 11 is 0. The summed E-state index contributed by atoms with van der Waals surface area (Å²) in [6.45, 7) is 0.359. The number of hydrogen-bond donors (Lipinski definition) is 2. The van der Waals surface area contributed by atoms with Gasteiger partial charge in [0.25, 0.3) is 5.69 Å². The first-order valence-electron chi connectivity index (χ1n) is 5.74. The summed E-state index contributed by atoms with van der Waals surface area (Å²) in [6, 6.07) is 6.57. The van der Waals surface area contributed by atoms with Gasteiger partial charge in [0.15, 0.2) is 5.82 Å². The van der Waals surface area contributed by atoms with Gasteiger partial charge in [-0.3, -0.25) is 10.1 Å². The maximum Gasteiger partial charge on any atom is 0.295 e. The standard InChI is InChI=1S/C11H9N7O2/c19-18(20)9-4-3-8(7-2-1-5-12-11(7)9)13-6-10-14-16-17-15-10/h1-5,13H,6H2,(H,14,15,16,17). The molecule has 0 aliphatic heterocycles. The van der Waals surface area contributed by atoms with Gasteiger partial charge in [0.05, 0.1) is 11.5 Å². The number of nitrogens with zero attached hydrogens (tertiary/aromatic N) is 5. The van der Waals surface area contributed by atoms with Crippen molar-refractivity contribution in [1.82, 2.24) is 25.6 Å². The Morgan fingerprint density at radius 2 is 2.25 bits per heavy atom. The van der Waals surface area contributed by atoms with Gasteiger partial charge in [0.2, 0.25) is 0 Å². The van der Waals surface area contributed by atoms with Crippen molar-refractivity contribution in [1.29, 1.82) is 0 Å². The van der Waals surface area contributed by atoms with Crippen LogP contribution in [0.3, 0.4) is 0 Å². The van der Waals surface area contributed by atoms with E-state index in [0.29, 0.717) is 23.3 Å². The SMILES string of the molecule is O=[N+]([O-])c1ccc(NCc2nn[nH]n2)c2cccnc12. The van der Waals surface area contributed by atoms with Crippen LogP contribution >= 0.6 is 0 Å². The zero-order chi connectivity index (χ0) is 13.9. The highest BCUT2D eigenvalue weighted by Gasteiger charge is 2.15. The topological polar surface area (TPSA) is 123 Å². The van der Waals surface area contributed by atoms with Crippen LogP contribution in [-0.4, -0.2) is 30.5 Å². The van der Waals surface area contributed by atoms with E-state index < -0.39 is 4.92 Å². The number of H-pyrrole nitrogens is 1. The van der Waals surface area contributed by atoms with Crippen LogP contribution in [0.2, 0.25) is 0 Å². The van der Waals surface area contributed by atoms with Crippen molar-refractivity contribution in [2.24, 2.45) is 0 Å². The van der Waals surface area contributed by atoms with Gasteiger partial charge in [-0.15, -0.1) is 10.2 Å². The van der Waals surface area contributed by atoms with Crippen molar-refractivity contribution >= 4 is 22.3 Å². The lowest BCUT2D eigenvalue weighted by atomic mass is 10.1. The Kier molecular flexibility index (Phi) is 2.92. The van der Waals surface area contributed by atoms with Crippen LogP contribution in [-0.2, 0) is 6.54 Å². The number of nitro groups is 1. The molecule has 0 atom stereocenters. The maximum atomic E-state index is 11.0. The Labute approximate surface area is 112 Å². The van der Waals surface area contributed by atoms with E-state index in [1.807, 2.05) is 0 Å². The molecule has 1 aromatic carbocycles. The molecule has 100 valence electrons. The molecule has 0 radical (unpaired) electrons. The van der Waals surface area contributed by atoms with Crippen LogP contribution in [0.4, 0.5) is 11.4 Å². The van der Waals surface area contributed by atoms with E-state index in [4.69, 9.17) is 0 Å². The van der Waals surface area contributed by atoms with Gasteiger partial charge < -0.3 is 5.32 Å². The number of hydrogen-bond acceptors (Lipinski definition) is 7. The number of nitro benzene ring substituents is 1. The van der Waals surface area contributed by atoms with Crippen LogP contribution in [0.5, 0.6) is 0 Å². The quantitative estimate of drug-likeness (QED) is 0.541. The molecule has 0 saturated heterocycles. The highest BCUT2D eigenvalue weighted by atomic mass is 16.6. The van der Waals surface area contributed by atoms with Crippen molar-refractivity contribution in [3.63, 3.8) is 0 Å². The summed E-state index contributed by atoms with van der Waals surface area (Å²) in [5, 5.41) is 28.2. The third-order valence-corrected chi connectivity index (χ3v) is 2.77. The first kappa shape index (κ1) is 12.0. The molecule has 9 heteroatoms. The minimum Gasteiger partial charge on any atom is -0.377 e. The zero-order valence-electron chi connectivity index (χ0n) is 10.1. The predicted octanol–water partition coefficient (Wildman–Crippen LogP) is 1.27. The number of anilines is 1. The number of fused-ring (bicyclic) bond motifs is 1. The van der Waals surface area contributed by atoms with Gasteiger partial charge >= 0.3 is 0 Å². The molecule has 0 bridgehead atoms. The molecule has 2 N–H and O–H groups in total. The Hall–Kier alpha value is -3.10. The summed E-state index contributed by atoms with van der Waals surface area (Å²) in [7, 11) is 0. The predicted molar refractivity (Wildman–Crippen MR) is 69.9 cm³/mol. The van der Waals surface area contributed by atoms with Crippen molar-refractivity contribution in [3.05, 3.63) is 46.4 Å². The second-order valence-electron chi connectivity index (χ2n) is 3.97. The number of nitrogens with one attached hydrogen (secondary N) is 2. The van der Waals surface area contributed by atoms with Gasteiger partial charge in [-0.2, -0.15) is 5.21 Å². The third-order valence-electron chi connectivity index (χ3n) is 2.77. The number of aromatic amines is 1. The maximum absolute atomic E-state index is 11.0. The normalized spacial score (nSPS) is 10.6. The summed E-state index contributed by atoms with van der Waals surface area (Å²) < 4.78 is 0. The molecule has 2 heterocycles. The molecule has 0 spiro atoms. The number of benzene rings is 1. The molecule has 0 aliphatic carbocycles. The molecule has 20 heavy (non-hydrogen) atoms. The Bertz CT molecular complexity index is 757. The molecule has 0 saturated carbocycles. The van der Waals surface area contributed by atoms with Crippen LogP contribution in [0.25, 0.3) is 10.9 Å². The first-order chi connectivity index (χ1) is 9.75. The van der Waals surface area contributed by atoms with Gasteiger partial charge in [0, 0.05) is 23.3 Å². The van der Waals surface area contributed by atoms with Crippen LogP contribution < -0.4 is 5.32 Å². The first-order valence-corrected chi connectivity index (χ1v) is 5.74. The van der Waals surface area contributed by atoms with Crippen molar-refractivity contribution in [2.75, 3.05) is 5.32 Å². The molecule has 0 aliphatic rings. The number of tetrazole rings is 1. The highest BCUT2D eigenvalue weighted by molar-refractivity contribution is 5.96. The average Bonchev–Trinajstić information content (AvgIpc) is 2.97. The average molecular weight is 271 g/mol. The summed E-state index contributed by atoms with van der Waals surface area (Å²) in [5.41, 5.74) is 1.05. The highest BCUT2D eigenvalue weighted by Crippen LogP contribution is 2.29. The third kappa shape index (κ3) is 2.11. The van der Waals surface area contributed by atoms with Crippen molar-refractivity contribution < 1.29 is 4.92 Å². The lowest BCUT2D eigenvalue weighted by Gasteiger charge is -2.07. The second-order valence-corrected chi connectivity index (χ2v) is 3.97. The Morgan fingerprint density at radius 1 is 1.35 bits per heavy atom. The Balaban J connectivity index is 1.99. The molecule has 0 unspecified atom stereocenters. The molecule has 2 aromatic heterocycles. The lowest BCUT2D eigenvalue weighted by Crippen LogP contribution is -2.03. The van der Waals surface area contributed by atoms with Crippen LogP contribution in [0.15, 0.2) is 30.5 Å². The fourth-order valence-electron chi connectivity index (χ4n) is 1.89. The summed E-state index contributed by atoms with van der Waals surface area (Å²) in [4.78, 5) is 14.6. The van der Waals surface area contributed by atoms with E-state index in [1.54, 1.807) is 18.2 Å². The van der Waals surface area contributed by atoms with Gasteiger partial charge in [0.1, 0.15) is 5.52 Å².